The summed E-state index contributed by atoms with van der Waals surface area (Å²) in [7, 11) is -1.60. The van der Waals surface area contributed by atoms with Gasteiger partial charge in [0.1, 0.15) is 4.21 Å². The Labute approximate surface area is 190 Å². The van der Waals surface area contributed by atoms with Gasteiger partial charge in [0.05, 0.1) is 5.52 Å². The van der Waals surface area contributed by atoms with E-state index in [1.54, 1.807) is 24.3 Å². The maximum Gasteiger partial charge on any atom is 0.271 e. The Morgan fingerprint density at radius 1 is 1.03 bits per heavy atom. The minimum absolute atomic E-state index is 0.260. The van der Waals surface area contributed by atoms with Crippen LogP contribution in [0.5, 0.6) is 0 Å². The van der Waals surface area contributed by atoms with E-state index in [1.165, 1.54) is 11.3 Å². The molecule has 2 aromatic heterocycles. The summed E-state index contributed by atoms with van der Waals surface area (Å²) in [5.41, 5.74) is 2.44. The molecule has 5 rings (SSSR count). The molecule has 0 atom stereocenters. The van der Waals surface area contributed by atoms with Crippen molar-refractivity contribution in [2.75, 3.05) is 42.8 Å². The number of rotatable bonds is 4. The van der Waals surface area contributed by atoms with Crippen LogP contribution in [0.3, 0.4) is 0 Å². The molecule has 0 bridgehead atoms. The van der Waals surface area contributed by atoms with E-state index in [1.807, 2.05) is 30.5 Å². The molecule has 1 N–H and O–H groups in total. The van der Waals surface area contributed by atoms with Crippen molar-refractivity contribution in [3.8, 4) is 0 Å². The smallest absolute Gasteiger partial charge is 0.271 e. The van der Waals surface area contributed by atoms with Crippen molar-refractivity contribution >= 4 is 65.3 Å². The summed E-state index contributed by atoms with van der Waals surface area (Å²) in [6, 6.07) is 14.5. The summed E-state index contributed by atoms with van der Waals surface area (Å²) in [6.45, 7) is 3.84. The van der Waals surface area contributed by atoms with Gasteiger partial charge in [-0.3, -0.25) is 9.71 Å². The Kier molecular flexibility index (Phi) is 5.26. The molecule has 4 aromatic rings. The number of halogens is 1. The van der Waals surface area contributed by atoms with E-state index in [0.29, 0.717) is 10.7 Å². The summed E-state index contributed by atoms with van der Waals surface area (Å²) in [4.78, 5) is 9.09. The molecular weight excluding hydrogens is 452 g/mol. The van der Waals surface area contributed by atoms with Gasteiger partial charge in [-0.1, -0.05) is 11.6 Å². The Hall–Kier alpha value is -2.39. The second-order valence-corrected chi connectivity index (χ2v) is 11.1. The minimum Gasteiger partial charge on any atom is -0.368 e. The van der Waals surface area contributed by atoms with Gasteiger partial charge in [0.25, 0.3) is 10.0 Å². The van der Waals surface area contributed by atoms with Crippen LogP contribution in [0.1, 0.15) is 0 Å². The number of fused-ring (bicyclic) bond motifs is 2. The van der Waals surface area contributed by atoms with Gasteiger partial charge in [-0.15, -0.1) is 11.3 Å². The first-order valence-corrected chi connectivity index (χ1v) is 12.6. The van der Waals surface area contributed by atoms with Crippen molar-refractivity contribution in [1.82, 2.24) is 9.88 Å². The number of likely N-dealkylation sites (N-methyl/N-ethyl adjacent to an activating group) is 1. The average molecular weight is 473 g/mol. The molecule has 0 unspecified atom stereocenters. The zero-order valence-corrected chi connectivity index (χ0v) is 19.3. The van der Waals surface area contributed by atoms with Gasteiger partial charge in [0, 0.05) is 58.9 Å². The van der Waals surface area contributed by atoms with Crippen LogP contribution in [0.15, 0.2) is 58.9 Å². The number of pyridine rings is 1. The molecular formula is C22H21ClN4O2S2. The van der Waals surface area contributed by atoms with Gasteiger partial charge in [-0.05, 0) is 61.0 Å². The van der Waals surface area contributed by atoms with Gasteiger partial charge in [0.2, 0.25) is 0 Å². The molecule has 31 heavy (non-hydrogen) atoms. The van der Waals surface area contributed by atoms with Gasteiger partial charge < -0.3 is 9.80 Å². The number of nitrogens with zero attached hydrogens (tertiary/aromatic N) is 3. The van der Waals surface area contributed by atoms with Crippen molar-refractivity contribution in [3.63, 3.8) is 0 Å². The Bertz CT molecular complexity index is 1380. The fraction of sp³-hybridized carbons (Fsp3) is 0.227. The van der Waals surface area contributed by atoms with E-state index < -0.39 is 10.0 Å². The van der Waals surface area contributed by atoms with Gasteiger partial charge in [-0.2, -0.15) is 0 Å². The van der Waals surface area contributed by atoms with Crippen LogP contribution in [0.25, 0.3) is 21.0 Å². The molecule has 0 amide bonds. The highest BCUT2D eigenvalue weighted by molar-refractivity contribution is 7.94. The third-order valence-electron chi connectivity index (χ3n) is 5.54. The maximum absolute atomic E-state index is 13.0. The van der Waals surface area contributed by atoms with Crippen molar-refractivity contribution in [2.24, 2.45) is 0 Å². The first-order valence-electron chi connectivity index (χ1n) is 9.93. The Morgan fingerprint density at radius 2 is 1.84 bits per heavy atom. The summed E-state index contributed by atoms with van der Waals surface area (Å²) < 4.78 is 30.0. The number of sulfonamides is 1. The zero-order valence-electron chi connectivity index (χ0n) is 16.9. The van der Waals surface area contributed by atoms with Gasteiger partial charge >= 0.3 is 0 Å². The molecule has 0 aliphatic carbocycles. The topological polar surface area (TPSA) is 65.5 Å². The first kappa shape index (κ1) is 20.5. The lowest BCUT2D eigenvalue weighted by Gasteiger charge is -2.34. The number of hydrogen-bond donors (Lipinski definition) is 1. The van der Waals surface area contributed by atoms with Crippen LogP contribution in [-0.2, 0) is 10.0 Å². The highest BCUT2D eigenvalue weighted by Crippen LogP contribution is 2.33. The van der Waals surface area contributed by atoms with E-state index in [-0.39, 0.29) is 4.21 Å². The molecule has 0 radical (unpaired) electrons. The van der Waals surface area contributed by atoms with Gasteiger partial charge in [0.15, 0.2) is 0 Å². The van der Waals surface area contributed by atoms with Crippen LogP contribution in [0.4, 0.5) is 11.4 Å². The highest BCUT2D eigenvalue weighted by Gasteiger charge is 2.20. The molecule has 1 aliphatic heterocycles. The zero-order chi connectivity index (χ0) is 21.6. The normalized spacial score (nSPS) is 15.6. The quantitative estimate of drug-likeness (QED) is 0.468. The second-order valence-electron chi connectivity index (χ2n) is 7.71. The van der Waals surface area contributed by atoms with Crippen molar-refractivity contribution < 1.29 is 8.42 Å². The van der Waals surface area contributed by atoms with Crippen LogP contribution in [-0.4, -0.2) is 51.5 Å². The molecule has 1 aliphatic rings. The van der Waals surface area contributed by atoms with Crippen LogP contribution in [0.2, 0.25) is 5.02 Å². The monoisotopic (exact) mass is 472 g/mol. The number of anilines is 2. The lowest BCUT2D eigenvalue weighted by atomic mass is 10.1. The van der Waals surface area contributed by atoms with Crippen LogP contribution in [0, 0.1) is 0 Å². The molecule has 0 saturated carbocycles. The summed E-state index contributed by atoms with van der Waals surface area (Å²) in [6.07, 6.45) is 1.81. The van der Waals surface area contributed by atoms with Crippen LogP contribution < -0.4 is 9.62 Å². The molecule has 2 aromatic carbocycles. The summed E-state index contributed by atoms with van der Waals surface area (Å²) in [5, 5.41) is 2.34. The minimum atomic E-state index is -3.72. The third-order valence-corrected chi connectivity index (χ3v) is 8.74. The number of hydrogen-bond acceptors (Lipinski definition) is 6. The molecule has 3 heterocycles. The molecule has 1 saturated heterocycles. The lowest BCUT2D eigenvalue weighted by molar-refractivity contribution is 0.313. The van der Waals surface area contributed by atoms with Gasteiger partial charge in [-0.25, -0.2) is 8.42 Å². The van der Waals surface area contributed by atoms with E-state index >= 15 is 0 Å². The predicted molar refractivity (Wildman–Crippen MR) is 129 cm³/mol. The van der Waals surface area contributed by atoms with Crippen LogP contribution >= 0.6 is 22.9 Å². The largest absolute Gasteiger partial charge is 0.368 e. The van der Waals surface area contributed by atoms with E-state index in [4.69, 9.17) is 11.6 Å². The van der Waals surface area contributed by atoms with E-state index in [0.717, 1.165) is 52.9 Å². The Balaban J connectivity index is 1.49. The highest BCUT2D eigenvalue weighted by atomic mass is 35.5. The number of aromatic nitrogens is 1. The molecule has 1 fully saturated rings. The van der Waals surface area contributed by atoms with Crippen molar-refractivity contribution in [2.45, 2.75) is 4.21 Å². The first-order chi connectivity index (χ1) is 14.9. The number of thiophene rings is 1. The Morgan fingerprint density at radius 3 is 2.65 bits per heavy atom. The third kappa shape index (κ3) is 4.08. The number of nitrogens with one attached hydrogen (secondary N) is 1. The summed E-state index contributed by atoms with van der Waals surface area (Å²) >= 11 is 7.27. The molecule has 9 heteroatoms. The fourth-order valence-electron chi connectivity index (χ4n) is 3.85. The standard InChI is InChI=1S/C22H21ClN4O2S2/c1-26-8-10-27(11-9-26)20-6-7-24-19-4-3-17(14-18(19)20)25-31(28,29)22-13-15-12-16(23)2-5-21(15)30-22/h2-7,12-14,25H,8-11H2,1H3. The SMILES string of the molecule is CN1CCN(c2ccnc3ccc(NS(=O)(=O)c4cc5cc(Cl)ccc5s4)cc23)CC1. The number of piperazine rings is 1. The number of benzene rings is 2. The maximum atomic E-state index is 13.0. The molecule has 0 spiro atoms. The van der Waals surface area contributed by atoms with Crippen molar-refractivity contribution in [3.05, 3.63) is 59.8 Å². The molecule has 6 nitrogen and oxygen atoms in total. The fourth-order valence-corrected chi connectivity index (χ4v) is 6.45. The predicted octanol–water partition coefficient (Wildman–Crippen LogP) is 4.66. The van der Waals surface area contributed by atoms with E-state index in [9.17, 15) is 8.42 Å². The summed E-state index contributed by atoms with van der Waals surface area (Å²) in [5.74, 6) is 0. The van der Waals surface area contributed by atoms with Crippen molar-refractivity contribution in [1.29, 1.82) is 0 Å². The lowest BCUT2D eigenvalue weighted by Crippen LogP contribution is -2.44. The second kappa shape index (κ2) is 7.94. The molecule has 160 valence electrons. The average Bonchev–Trinajstić information content (AvgIpc) is 3.18. The van der Waals surface area contributed by atoms with E-state index in [2.05, 4.69) is 26.6 Å².